The third-order valence-corrected chi connectivity index (χ3v) is 4.00. The maximum Gasteiger partial charge on any atom is 0.200 e. The topological polar surface area (TPSA) is 36.9 Å². The molecule has 0 aliphatic carbocycles. The predicted molar refractivity (Wildman–Crippen MR) is 85.0 cm³/mol. The van der Waals surface area contributed by atoms with Crippen LogP contribution in [0.2, 0.25) is 0 Å². The lowest BCUT2D eigenvalue weighted by Gasteiger charge is -2.27. The molecule has 2 unspecified atom stereocenters. The third-order valence-electron chi connectivity index (χ3n) is 4.00. The van der Waals surface area contributed by atoms with Crippen molar-refractivity contribution in [1.29, 1.82) is 0 Å². The molecule has 0 bridgehead atoms. The van der Waals surface area contributed by atoms with Crippen LogP contribution < -0.4 is 9.47 Å². The van der Waals surface area contributed by atoms with Gasteiger partial charge < -0.3 is 18.9 Å². The van der Waals surface area contributed by atoms with E-state index in [0.717, 1.165) is 57.3 Å². The van der Waals surface area contributed by atoms with Crippen LogP contribution in [-0.2, 0) is 9.47 Å². The van der Waals surface area contributed by atoms with Crippen LogP contribution in [0.1, 0.15) is 44.1 Å². The van der Waals surface area contributed by atoms with Crippen molar-refractivity contribution in [3.8, 4) is 11.5 Å². The zero-order chi connectivity index (χ0) is 15.2. The predicted octanol–water partition coefficient (Wildman–Crippen LogP) is 4.14. The number of rotatable bonds is 5. The van der Waals surface area contributed by atoms with Gasteiger partial charge in [0.25, 0.3) is 0 Å². The Morgan fingerprint density at radius 2 is 1.55 bits per heavy atom. The molecule has 2 aliphatic rings. The number of hydrogen-bond acceptors (Lipinski definition) is 4. The molecule has 0 saturated carbocycles. The lowest BCUT2D eigenvalue weighted by Crippen LogP contribution is -2.27. The number of benzene rings is 1. The van der Waals surface area contributed by atoms with Crippen molar-refractivity contribution in [2.45, 2.75) is 51.1 Å². The van der Waals surface area contributed by atoms with Crippen LogP contribution >= 0.6 is 0 Å². The Bertz CT molecular complexity index is 488. The molecular weight excluding hydrogens is 280 g/mol. The molecule has 2 atom stereocenters. The van der Waals surface area contributed by atoms with Gasteiger partial charge in [-0.15, -0.1) is 0 Å². The molecule has 22 heavy (non-hydrogen) atoms. The first-order chi connectivity index (χ1) is 10.8. The van der Waals surface area contributed by atoms with Gasteiger partial charge >= 0.3 is 0 Å². The Morgan fingerprint density at radius 3 is 2.09 bits per heavy atom. The molecule has 4 nitrogen and oxygen atoms in total. The van der Waals surface area contributed by atoms with Crippen LogP contribution in [0.4, 0.5) is 0 Å². The summed E-state index contributed by atoms with van der Waals surface area (Å²) >= 11 is 0. The van der Waals surface area contributed by atoms with E-state index in [1.165, 1.54) is 0 Å². The highest BCUT2D eigenvalue weighted by Gasteiger charge is 2.21. The Morgan fingerprint density at radius 1 is 0.909 bits per heavy atom. The summed E-state index contributed by atoms with van der Waals surface area (Å²) in [5.74, 6) is 1.42. The van der Waals surface area contributed by atoms with Crippen molar-refractivity contribution in [1.82, 2.24) is 0 Å². The van der Waals surface area contributed by atoms with Gasteiger partial charge in [0.1, 0.15) is 0 Å². The van der Waals surface area contributed by atoms with E-state index < -0.39 is 0 Å². The van der Waals surface area contributed by atoms with Crippen LogP contribution in [0.25, 0.3) is 6.08 Å². The molecule has 1 aromatic carbocycles. The Hall–Kier alpha value is -1.52. The van der Waals surface area contributed by atoms with Crippen molar-refractivity contribution in [3.63, 3.8) is 0 Å². The minimum Gasteiger partial charge on any atom is -0.461 e. The fourth-order valence-corrected chi connectivity index (χ4v) is 2.73. The summed E-state index contributed by atoms with van der Waals surface area (Å²) in [6.45, 7) is 5.33. The molecule has 4 heteroatoms. The SMILES string of the molecule is C=Cc1ccc(OC2CCCCO2)c(OC2CCCCO2)c1. The van der Waals surface area contributed by atoms with Crippen LogP contribution in [0, 0.1) is 0 Å². The van der Waals surface area contributed by atoms with E-state index in [0.29, 0.717) is 11.5 Å². The molecule has 0 N–H and O–H groups in total. The maximum atomic E-state index is 6.02. The molecule has 3 rings (SSSR count). The zero-order valence-electron chi connectivity index (χ0n) is 13.0. The van der Waals surface area contributed by atoms with E-state index in [1.807, 2.05) is 18.2 Å². The minimum atomic E-state index is -0.191. The second-order valence-corrected chi connectivity index (χ2v) is 5.74. The van der Waals surface area contributed by atoms with Crippen molar-refractivity contribution in [2.24, 2.45) is 0 Å². The van der Waals surface area contributed by atoms with Crippen molar-refractivity contribution in [2.75, 3.05) is 13.2 Å². The molecule has 0 spiro atoms. The van der Waals surface area contributed by atoms with E-state index in [1.54, 1.807) is 6.08 Å². The van der Waals surface area contributed by atoms with Gasteiger partial charge in [-0.05, 0) is 43.4 Å². The maximum absolute atomic E-state index is 6.02. The smallest absolute Gasteiger partial charge is 0.200 e. The van der Waals surface area contributed by atoms with Gasteiger partial charge in [0.05, 0.1) is 13.2 Å². The molecule has 2 saturated heterocycles. The summed E-state index contributed by atoms with van der Waals surface area (Å²) in [6.07, 6.45) is 7.74. The Labute approximate surface area is 132 Å². The summed E-state index contributed by atoms with van der Waals surface area (Å²) < 4.78 is 23.3. The van der Waals surface area contributed by atoms with Gasteiger partial charge in [-0.1, -0.05) is 18.7 Å². The van der Waals surface area contributed by atoms with E-state index in [4.69, 9.17) is 18.9 Å². The average molecular weight is 304 g/mol. The first-order valence-corrected chi connectivity index (χ1v) is 8.18. The molecule has 1 aromatic rings. The molecule has 120 valence electrons. The van der Waals surface area contributed by atoms with Gasteiger partial charge in [-0.25, -0.2) is 0 Å². The second kappa shape index (κ2) is 7.65. The fraction of sp³-hybridized carbons (Fsp3) is 0.556. The van der Waals surface area contributed by atoms with Gasteiger partial charge in [0.2, 0.25) is 0 Å². The normalized spacial score (nSPS) is 25.5. The monoisotopic (exact) mass is 304 g/mol. The molecule has 2 aliphatic heterocycles. The summed E-state index contributed by atoms with van der Waals surface area (Å²) in [6, 6.07) is 5.84. The highest BCUT2D eigenvalue weighted by atomic mass is 16.7. The molecule has 0 aromatic heterocycles. The van der Waals surface area contributed by atoms with E-state index in [9.17, 15) is 0 Å². The van der Waals surface area contributed by atoms with Crippen molar-refractivity contribution in [3.05, 3.63) is 30.3 Å². The van der Waals surface area contributed by atoms with Crippen LogP contribution in [0.15, 0.2) is 24.8 Å². The number of ether oxygens (including phenoxy) is 4. The van der Waals surface area contributed by atoms with Gasteiger partial charge in [-0.3, -0.25) is 0 Å². The van der Waals surface area contributed by atoms with E-state index >= 15 is 0 Å². The van der Waals surface area contributed by atoms with E-state index in [-0.39, 0.29) is 12.6 Å². The van der Waals surface area contributed by atoms with E-state index in [2.05, 4.69) is 6.58 Å². The Kier molecular flexibility index (Phi) is 5.35. The molecule has 2 fully saturated rings. The zero-order valence-corrected chi connectivity index (χ0v) is 13.0. The summed E-state index contributed by atoms with van der Waals surface area (Å²) in [4.78, 5) is 0. The molecule has 0 radical (unpaired) electrons. The van der Waals surface area contributed by atoms with Gasteiger partial charge in [0.15, 0.2) is 24.1 Å². The van der Waals surface area contributed by atoms with Crippen molar-refractivity contribution < 1.29 is 18.9 Å². The highest BCUT2D eigenvalue weighted by Crippen LogP contribution is 2.33. The van der Waals surface area contributed by atoms with Crippen LogP contribution in [0.3, 0.4) is 0 Å². The quantitative estimate of drug-likeness (QED) is 0.819. The first kappa shape index (κ1) is 15.4. The number of hydrogen-bond donors (Lipinski definition) is 0. The highest BCUT2D eigenvalue weighted by molar-refractivity contribution is 5.54. The standard InChI is InChI=1S/C18H24O4/c1-2-14-9-10-15(21-17-7-3-5-11-19-17)16(13-14)22-18-8-4-6-12-20-18/h2,9-10,13,17-18H,1,3-8,11-12H2. The summed E-state index contributed by atoms with van der Waals surface area (Å²) in [5, 5.41) is 0. The summed E-state index contributed by atoms with van der Waals surface area (Å²) in [7, 11) is 0. The minimum absolute atomic E-state index is 0.182. The first-order valence-electron chi connectivity index (χ1n) is 8.18. The molecule has 2 heterocycles. The van der Waals surface area contributed by atoms with Crippen molar-refractivity contribution >= 4 is 6.08 Å². The van der Waals surface area contributed by atoms with Crippen LogP contribution in [0.5, 0.6) is 11.5 Å². The lowest BCUT2D eigenvalue weighted by molar-refractivity contribution is -0.119. The van der Waals surface area contributed by atoms with Gasteiger partial charge in [0, 0.05) is 12.8 Å². The molecular formula is C18H24O4. The largest absolute Gasteiger partial charge is 0.461 e. The summed E-state index contributed by atoms with van der Waals surface area (Å²) in [5.41, 5.74) is 1.00. The fourth-order valence-electron chi connectivity index (χ4n) is 2.73. The lowest BCUT2D eigenvalue weighted by atomic mass is 10.2. The Balaban J connectivity index is 1.73. The van der Waals surface area contributed by atoms with Gasteiger partial charge in [-0.2, -0.15) is 0 Å². The molecule has 0 amide bonds. The average Bonchev–Trinajstić information content (AvgIpc) is 2.58. The second-order valence-electron chi connectivity index (χ2n) is 5.74. The van der Waals surface area contributed by atoms with Crippen LogP contribution in [-0.4, -0.2) is 25.8 Å². The third kappa shape index (κ3) is 4.02.